The Kier molecular flexibility index (Phi) is 4.50. The van der Waals surface area contributed by atoms with Crippen molar-refractivity contribution in [2.24, 2.45) is 0 Å². The number of thiazole rings is 1. The molecule has 3 heterocycles. The molecule has 4 rings (SSSR count). The van der Waals surface area contributed by atoms with Crippen molar-refractivity contribution in [3.8, 4) is 5.06 Å². The molecule has 1 atom stereocenters. The van der Waals surface area contributed by atoms with Crippen LogP contribution in [0.5, 0.6) is 5.06 Å². The number of nitrogens with zero attached hydrogens (tertiary/aromatic N) is 3. The minimum absolute atomic E-state index is 0.264. The molecule has 28 heavy (non-hydrogen) atoms. The van der Waals surface area contributed by atoms with Crippen molar-refractivity contribution < 1.29 is 27.8 Å². The molecule has 0 saturated carbocycles. The third kappa shape index (κ3) is 3.00. The molecule has 1 fully saturated rings. The molecular weight excluding hydrogens is 395 g/mol. The highest BCUT2D eigenvalue weighted by Gasteiger charge is 2.50. The number of alkyl halides is 3. The van der Waals surface area contributed by atoms with Gasteiger partial charge in [0.1, 0.15) is 6.61 Å². The summed E-state index contributed by atoms with van der Waals surface area (Å²) < 4.78 is 45.2. The minimum atomic E-state index is -4.45. The molecule has 6 nitrogen and oxygen atoms in total. The topological polar surface area (TPSA) is 65.9 Å². The van der Waals surface area contributed by atoms with Crippen LogP contribution in [0.2, 0.25) is 0 Å². The van der Waals surface area contributed by atoms with Crippen LogP contribution in [-0.2, 0) is 16.4 Å². The third-order valence-corrected chi connectivity index (χ3v) is 6.37. The maximum Gasteiger partial charge on any atom is 0.416 e. The van der Waals surface area contributed by atoms with Crippen LogP contribution in [0, 0.1) is 0 Å². The van der Waals surface area contributed by atoms with E-state index in [1.807, 2.05) is 4.90 Å². The Morgan fingerprint density at radius 1 is 1.39 bits per heavy atom. The van der Waals surface area contributed by atoms with E-state index in [1.54, 1.807) is 6.20 Å². The number of carbonyl (C=O) groups excluding carboxylic acids is 1. The van der Waals surface area contributed by atoms with Gasteiger partial charge in [0.05, 0.1) is 18.9 Å². The number of hydrogen-bond acceptors (Lipinski definition) is 6. The molecule has 0 bridgehead atoms. The van der Waals surface area contributed by atoms with Crippen molar-refractivity contribution in [1.82, 2.24) is 9.88 Å². The van der Waals surface area contributed by atoms with Crippen LogP contribution in [-0.4, -0.2) is 54.2 Å². The number of amides is 1. The molecule has 1 N–H and O–H groups in total. The second kappa shape index (κ2) is 6.63. The van der Waals surface area contributed by atoms with Gasteiger partial charge < -0.3 is 19.6 Å². The van der Waals surface area contributed by atoms with Crippen LogP contribution >= 0.6 is 11.3 Å². The number of anilines is 2. The first-order valence-electron chi connectivity index (χ1n) is 8.65. The first-order chi connectivity index (χ1) is 13.3. The lowest BCUT2D eigenvalue weighted by Gasteiger charge is -2.25. The predicted molar refractivity (Wildman–Crippen MR) is 97.1 cm³/mol. The highest BCUT2D eigenvalue weighted by atomic mass is 32.1. The molecule has 0 aliphatic carbocycles. The van der Waals surface area contributed by atoms with Crippen LogP contribution < -0.4 is 9.64 Å². The van der Waals surface area contributed by atoms with Crippen LogP contribution in [0.15, 0.2) is 24.4 Å². The molecule has 1 aromatic heterocycles. The molecule has 0 radical (unpaired) electrons. The van der Waals surface area contributed by atoms with Gasteiger partial charge in [-0.15, -0.1) is 0 Å². The van der Waals surface area contributed by atoms with E-state index in [9.17, 15) is 18.0 Å². The maximum absolute atomic E-state index is 13.3. The second-order valence-electron chi connectivity index (χ2n) is 6.99. The van der Waals surface area contributed by atoms with Crippen molar-refractivity contribution in [3.63, 3.8) is 0 Å². The number of hydrogen-bond donors (Lipinski definition) is 1. The van der Waals surface area contributed by atoms with Crippen LogP contribution in [0.3, 0.4) is 0 Å². The second-order valence-corrected chi connectivity index (χ2v) is 7.96. The fraction of sp³-hybridized carbons (Fsp3) is 0.444. The number of rotatable bonds is 3. The molecule has 1 amide bonds. The maximum atomic E-state index is 13.3. The van der Waals surface area contributed by atoms with E-state index in [0.29, 0.717) is 41.0 Å². The number of aliphatic hydroxyl groups is 1. The Hall–Kier alpha value is -2.33. The minimum Gasteiger partial charge on any atom is -0.486 e. The van der Waals surface area contributed by atoms with Gasteiger partial charge in [-0.2, -0.15) is 13.2 Å². The van der Waals surface area contributed by atoms with Gasteiger partial charge in [-0.25, -0.2) is 4.98 Å². The first-order valence-corrected chi connectivity index (χ1v) is 9.47. The van der Waals surface area contributed by atoms with Crippen molar-refractivity contribution in [3.05, 3.63) is 35.5 Å². The molecule has 2 aliphatic rings. The normalized spacial score (nSPS) is 21.5. The van der Waals surface area contributed by atoms with Gasteiger partial charge in [-0.3, -0.25) is 4.79 Å². The van der Waals surface area contributed by atoms with Gasteiger partial charge >= 0.3 is 6.18 Å². The average Bonchev–Trinajstić information content (AvgIpc) is 3.38. The zero-order chi connectivity index (χ0) is 20.1. The summed E-state index contributed by atoms with van der Waals surface area (Å²) in [4.78, 5) is 19.7. The lowest BCUT2D eigenvalue weighted by Crippen LogP contribution is -2.38. The van der Waals surface area contributed by atoms with E-state index in [4.69, 9.17) is 9.84 Å². The molecule has 2 aromatic rings. The van der Waals surface area contributed by atoms with E-state index in [0.717, 1.165) is 6.07 Å². The summed E-state index contributed by atoms with van der Waals surface area (Å²) in [6, 6.07) is 3.73. The number of carbonyl (C=O) groups is 1. The summed E-state index contributed by atoms with van der Waals surface area (Å²) in [5.74, 6) is -0.417. The summed E-state index contributed by atoms with van der Waals surface area (Å²) >= 11 is 1.31. The Labute approximate surface area is 163 Å². The van der Waals surface area contributed by atoms with Crippen molar-refractivity contribution >= 4 is 28.1 Å². The average molecular weight is 413 g/mol. The highest BCUT2D eigenvalue weighted by Crippen LogP contribution is 2.51. The summed E-state index contributed by atoms with van der Waals surface area (Å²) in [6.45, 7) is 0.457. The molecule has 1 unspecified atom stereocenters. The first kappa shape index (κ1) is 19.0. The van der Waals surface area contributed by atoms with E-state index >= 15 is 0 Å². The lowest BCUT2D eigenvalue weighted by molar-refractivity contribution is -0.137. The van der Waals surface area contributed by atoms with Gasteiger partial charge in [0.2, 0.25) is 5.91 Å². The summed E-state index contributed by atoms with van der Waals surface area (Å²) in [6.07, 6.45) is -2.36. The van der Waals surface area contributed by atoms with Gasteiger partial charge in [0.15, 0.2) is 10.2 Å². The van der Waals surface area contributed by atoms with Gasteiger partial charge in [-0.05, 0) is 30.2 Å². The molecule has 1 aromatic carbocycles. The largest absolute Gasteiger partial charge is 0.486 e. The number of likely N-dealkylation sites (tertiary alicyclic amines) is 1. The lowest BCUT2D eigenvalue weighted by atomic mass is 9.81. The number of benzene rings is 1. The highest BCUT2D eigenvalue weighted by molar-refractivity contribution is 7.17. The van der Waals surface area contributed by atoms with Crippen LogP contribution in [0.1, 0.15) is 17.5 Å². The molecule has 10 heteroatoms. The Morgan fingerprint density at radius 2 is 2.18 bits per heavy atom. The Balaban J connectivity index is 1.78. The van der Waals surface area contributed by atoms with Gasteiger partial charge in [-0.1, -0.05) is 11.3 Å². The molecule has 1 spiro atoms. The summed E-state index contributed by atoms with van der Waals surface area (Å²) in [5.41, 5.74) is -0.135. The monoisotopic (exact) mass is 413 g/mol. The fourth-order valence-electron chi connectivity index (χ4n) is 4.02. The third-order valence-electron chi connectivity index (χ3n) is 5.39. The zero-order valence-corrected chi connectivity index (χ0v) is 15.8. The summed E-state index contributed by atoms with van der Waals surface area (Å²) in [5, 5.41) is 10.4. The van der Waals surface area contributed by atoms with Crippen LogP contribution in [0.25, 0.3) is 0 Å². The number of aromatic nitrogens is 1. The Morgan fingerprint density at radius 3 is 2.82 bits per heavy atom. The number of ether oxygens (including phenoxy) is 1. The smallest absolute Gasteiger partial charge is 0.416 e. The number of halogens is 3. The molecule has 2 aliphatic heterocycles. The van der Waals surface area contributed by atoms with E-state index < -0.39 is 29.7 Å². The fourth-order valence-corrected chi connectivity index (χ4v) is 4.77. The van der Waals surface area contributed by atoms with E-state index in [2.05, 4.69) is 4.98 Å². The number of fused-ring (bicyclic) bond motifs is 2. The van der Waals surface area contributed by atoms with Crippen molar-refractivity contribution in [1.29, 1.82) is 0 Å². The summed E-state index contributed by atoms with van der Waals surface area (Å²) in [7, 11) is 1.53. The van der Waals surface area contributed by atoms with Gasteiger partial charge in [0, 0.05) is 30.7 Å². The molecular formula is C18H18F3N3O3S. The SMILES string of the molecule is COc1cnc(N2CC3(CCN(C(=O)CO)C3)c3cc(C(F)(F)F)ccc32)s1. The number of methoxy groups -OCH3 is 1. The zero-order valence-electron chi connectivity index (χ0n) is 15.0. The quantitative estimate of drug-likeness (QED) is 0.838. The van der Waals surface area contributed by atoms with E-state index in [1.165, 1.54) is 35.5 Å². The van der Waals surface area contributed by atoms with Gasteiger partial charge in [0.25, 0.3) is 0 Å². The van der Waals surface area contributed by atoms with Crippen molar-refractivity contribution in [2.75, 3.05) is 38.3 Å². The predicted octanol–water partition coefficient (Wildman–Crippen LogP) is 2.78. The van der Waals surface area contributed by atoms with Crippen molar-refractivity contribution in [2.45, 2.75) is 18.0 Å². The molecule has 150 valence electrons. The number of aliphatic hydroxyl groups excluding tert-OH is 1. The Bertz CT molecular complexity index is 917. The van der Waals surface area contributed by atoms with Crippen LogP contribution in [0.4, 0.5) is 24.0 Å². The van der Waals surface area contributed by atoms with E-state index in [-0.39, 0.29) is 6.54 Å². The molecule has 1 saturated heterocycles. The standard InChI is InChI=1S/C18H18F3N3O3S/c1-27-15-7-22-16(28-15)24-10-17(4-5-23(9-17)14(26)8-25)12-6-11(18(19,20)21)2-3-13(12)24/h2-3,6-7,25H,4-5,8-10H2,1H3.